The van der Waals surface area contributed by atoms with Gasteiger partial charge in [0, 0.05) is 27.3 Å². The quantitative estimate of drug-likeness (QED) is 0.745. The number of anilines is 3. The van der Waals surface area contributed by atoms with E-state index in [-0.39, 0.29) is 5.41 Å². The SMILES string of the molecule is CCNc1cc(Nc2cccc(I)c2)nc(C(C)(C)C)n1. The first-order valence-electron chi connectivity index (χ1n) is 7.04. The summed E-state index contributed by atoms with van der Waals surface area (Å²) in [6.07, 6.45) is 0. The molecule has 0 saturated heterocycles. The minimum Gasteiger partial charge on any atom is -0.370 e. The molecular formula is C16H21IN4. The lowest BCUT2D eigenvalue weighted by molar-refractivity contribution is 0.547. The molecular weight excluding hydrogens is 375 g/mol. The van der Waals surface area contributed by atoms with E-state index in [1.54, 1.807) is 0 Å². The lowest BCUT2D eigenvalue weighted by atomic mass is 9.96. The Morgan fingerprint density at radius 1 is 1.10 bits per heavy atom. The minimum absolute atomic E-state index is 0.0903. The van der Waals surface area contributed by atoms with Crippen molar-refractivity contribution in [3.63, 3.8) is 0 Å². The van der Waals surface area contributed by atoms with E-state index < -0.39 is 0 Å². The summed E-state index contributed by atoms with van der Waals surface area (Å²) in [7, 11) is 0. The fourth-order valence-corrected chi connectivity index (χ4v) is 2.38. The fraction of sp³-hybridized carbons (Fsp3) is 0.375. The number of nitrogens with one attached hydrogen (secondary N) is 2. The van der Waals surface area contributed by atoms with Crippen molar-refractivity contribution < 1.29 is 0 Å². The molecule has 112 valence electrons. The van der Waals surface area contributed by atoms with Gasteiger partial charge in [-0.25, -0.2) is 9.97 Å². The first-order valence-corrected chi connectivity index (χ1v) is 8.12. The maximum atomic E-state index is 4.65. The molecule has 1 aromatic carbocycles. The summed E-state index contributed by atoms with van der Waals surface area (Å²) in [6.45, 7) is 9.25. The second-order valence-corrected chi connectivity index (χ2v) is 7.12. The highest BCUT2D eigenvalue weighted by molar-refractivity contribution is 14.1. The maximum Gasteiger partial charge on any atom is 0.138 e. The van der Waals surface area contributed by atoms with Crippen LogP contribution in [0.5, 0.6) is 0 Å². The van der Waals surface area contributed by atoms with E-state index in [1.807, 2.05) is 18.2 Å². The van der Waals surface area contributed by atoms with Crippen molar-refractivity contribution in [3.8, 4) is 0 Å². The van der Waals surface area contributed by atoms with Gasteiger partial charge in [0.05, 0.1) is 0 Å². The number of nitrogens with zero attached hydrogens (tertiary/aromatic N) is 2. The molecule has 0 bridgehead atoms. The van der Waals surface area contributed by atoms with E-state index in [2.05, 4.69) is 83.0 Å². The van der Waals surface area contributed by atoms with Gasteiger partial charge >= 0.3 is 0 Å². The summed E-state index contributed by atoms with van der Waals surface area (Å²) in [5.41, 5.74) is 0.940. The van der Waals surface area contributed by atoms with Crippen molar-refractivity contribution in [1.82, 2.24) is 9.97 Å². The molecule has 0 amide bonds. The van der Waals surface area contributed by atoms with E-state index in [0.717, 1.165) is 29.7 Å². The number of hydrogen-bond donors (Lipinski definition) is 2. The molecule has 0 spiro atoms. The van der Waals surface area contributed by atoms with E-state index in [0.29, 0.717) is 0 Å². The van der Waals surface area contributed by atoms with Gasteiger partial charge in [0.25, 0.3) is 0 Å². The average molecular weight is 396 g/mol. The second-order valence-electron chi connectivity index (χ2n) is 5.88. The molecule has 0 unspecified atom stereocenters. The molecule has 0 radical (unpaired) electrons. The highest BCUT2D eigenvalue weighted by atomic mass is 127. The largest absolute Gasteiger partial charge is 0.370 e. The van der Waals surface area contributed by atoms with Crippen LogP contribution >= 0.6 is 22.6 Å². The second kappa shape index (κ2) is 6.60. The predicted octanol–water partition coefficient (Wildman–Crippen LogP) is 4.55. The Morgan fingerprint density at radius 2 is 1.81 bits per heavy atom. The highest BCUT2D eigenvalue weighted by Gasteiger charge is 2.19. The first-order chi connectivity index (χ1) is 9.88. The first kappa shape index (κ1) is 16.0. The summed E-state index contributed by atoms with van der Waals surface area (Å²) in [5.74, 6) is 2.49. The Kier molecular flexibility index (Phi) is 5.03. The van der Waals surface area contributed by atoms with Gasteiger partial charge in [-0.2, -0.15) is 0 Å². The zero-order valence-corrected chi connectivity index (χ0v) is 15.0. The van der Waals surface area contributed by atoms with Gasteiger partial charge in [-0.05, 0) is 47.7 Å². The van der Waals surface area contributed by atoms with Crippen molar-refractivity contribution in [2.24, 2.45) is 0 Å². The lowest BCUT2D eigenvalue weighted by Gasteiger charge is -2.19. The van der Waals surface area contributed by atoms with Crippen LogP contribution in [0.4, 0.5) is 17.3 Å². The molecule has 21 heavy (non-hydrogen) atoms. The van der Waals surface area contributed by atoms with Crippen LogP contribution in [0.2, 0.25) is 0 Å². The predicted molar refractivity (Wildman–Crippen MR) is 97.3 cm³/mol. The molecule has 2 N–H and O–H groups in total. The van der Waals surface area contributed by atoms with Gasteiger partial charge in [-0.15, -0.1) is 0 Å². The normalized spacial score (nSPS) is 11.3. The van der Waals surface area contributed by atoms with Crippen LogP contribution in [0.3, 0.4) is 0 Å². The monoisotopic (exact) mass is 396 g/mol. The topological polar surface area (TPSA) is 49.8 Å². The van der Waals surface area contributed by atoms with Crippen molar-refractivity contribution in [3.05, 3.63) is 39.7 Å². The van der Waals surface area contributed by atoms with Gasteiger partial charge in [-0.3, -0.25) is 0 Å². The molecule has 4 nitrogen and oxygen atoms in total. The molecule has 0 aliphatic carbocycles. The summed E-state index contributed by atoms with van der Waals surface area (Å²) in [6, 6.07) is 10.2. The molecule has 0 aliphatic heterocycles. The van der Waals surface area contributed by atoms with Crippen molar-refractivity contribution in [2.75, 3.05) is 17.2 Å². The van der Waals surface area contributed by atoms with E-state index in [1.165, 1.54) is 3.57 Å². The van der Waals surface area contributed by atoms with Crippen LogP contribution in [0.15, 0.2) is 30.3 Å². The number of aromatic nitrogens is 2. The van der Waals surface area contributed by atoms with Crippen LogP contribution in [0, 0.1) is 3.57 Å². The number of hydrogen-bond acceptors (Lipinski definition) is 4. The van der Waals surface area contributed by atoms with Gasteiger partial charge < -0.3 is 10.6 Å². The minimum atomic E-state index is -0.0903. The Hall–Kier alpha value is -1.37. The molecule has 0 saturated carbocycles. The third-order valence-corrected chi connectivity index (χ3v) is 3.52. The zero-order chi connectivity index (χ0) is 15.5. The maximum absolute atomic E-state index is 4.65. The highest BCUT2D eigenvalue weighted by Crippen LogP contribution is 2.24. The molecule has 1 aromatic heterocycles. The molecule has 2 rings (SSSR count). The summed E-state index contributed by atoms with van der Waals surface area (Å²) in [5, 5.41) is 6.63. The molecule has 0 aliphatic rings. The molecule has 5 heteroatoms. The number of halogens is 1. The van der Waals surface area contributed by atoms with E-state index >= 15 is 0 Å². The Balaban J connectivity index is 2.35. The van der Waals surface area contributed by atoms with Gasteiger partial charge in [0.1, 0.15) is 17.5 Å². The Morgan fingerprint density at radius 3 is 2.43 bits per heavy atom. The molecule has 0 fully saturated rings. The summed E-state index contributed by atoms with van der Waals surface area (Å²) >= 11 is 2.30. The number of rotatable bonds is 4. The smallest absolute Gasteiger partial charge is 0.138 e. The van der Waals surface area contributed by atoms with Crippen LogP contribution in [-0.2, 0) is 5.41 Å². The molecule has 1 heterocycles. The third-order valence-electron chi connectivity index (χ3n) is 2.85. The van der Waals surface area contributed by atoms with Crippen LogP contribution in [-0.4, -0.2) is 16.5 Å². The van der Waals surface area contributed by atoms with Crippen LogP contribution in [0.1, 0.15) is 33.5 Å². The van der Waals surface area contributed by atoms with Crippen molar-refractivity contribution >= 4 is 39.9 Å². The summed E-state index contributed by atoms with van der Waals surface area (Å²) in [4.78, 5) is 9.24. The van der Waals surface area contributed by atoms with Crippen molar-refractivity contribution in [1.29, 1.82) is 0 Å². The Labute approximate surface area is 139 Å². The van der Waals surface area contributed by atoms with Crippen LogP contribution in [0.25, 0.3) is 0 Å². The molecule has 2 aromatic rings. The zero-order valence-electron chi connectivity index (χ0n) is 12.9. The lowest BCUT2D eigenvalue weighted by Crippen LogP contribution is -2.18. The molecule has 0 atom stereocenters. The van der Waals surface area contributed by atoms with Crippen LogP contribution < -0.4 is 10.6 Å². The Bertz CT molecular complexity index is 620. The third kappa shape index (κ3) is 4.56. The van der Waals surface area contributed by atoms with Gasteiger partial charge in [0.2, 0.25) is 0 Å². The average Bonchev–Trinajstić information content (AvgIpc) is 2.37. The fourth-order valence-electron chi connectivity index (χ4n) is 1.83. The standard InChI is InChI=1S/C16H21IN4/c1-5-18-13-10-14(21-15(20-13)16(2,3)4)19-12-8-6-7-11(17)9-12/h6-10H,5H2,1-4H3,(H2,18,19,20,21). The van der Waals surface area contributed by atoms with Gasteiger partial charge in [0.15, 0.2) is 0 Å². The summed E-state index contributed by atoms with van der Waals surface area (Å²) < 4.78 is 1.19. The van der Waals surface area contributed by atoms with Gasteiger partial charge in [-0.1, -0.05) is 26.8 Å². The number of benzene rings is 1. The van der Waals surface area contributed by atoms with Crippen molar-refractivity contribution in [2.45, 2.75) is 33.1 Å². The van der Waals surface area contributed by atoms with E-state index in [9.17, 15) is 0 Å². The van der Waals surface area contributed by atoms with E-state index in [4.69, 9.17) is 0 Å².